The van der Waals surface area contributed by atoms with Gasteiger partial charge in [0, 0.05) is 17.4 Å². The van der Waals surface area contributed by atoms with Gasteiger partial charge in [-0.25, -0.2) is 0 Å². The molecule has 2 aromatic carbocycles. The third-order valence-corrected chi connectivity index (χ3v) is 6.72. The monoisotopic (exact) mass is 500 g/mol. The van der Waals surface area contributed by atoms with Crippen LogP contribution in [0.3, 0.4) is 0 Å². The lowest BCUT2D eigenvalue weighted by Gasteiger charge is -2.38. The van der Waals surface area contributed by atoms with Crippen molar-refractivity contribution < 1.29 is 52.6 Å². The SMILES string of the molecule is COc1cc([C@@H]2c3cc4c(cc3[C@H](OC(=O)CC(=O)O)[C@H]3COC(=O)[C@@H]23)OCO4)cc(OC)c1OC. The first-order valence-electron chi connectivity index (χ1n) is 11.2. The minimum absolute atomic E-state index is 0.00330. The lowest BCUT2D eigenvalue weighted by atomic mass is 9.66. The molecule has 0 radical (unpaired) electrons. The average molecular weight is 500 g/mol. The predicted octanol–water partition coefficient (Wildman–Crippen LogP) is 2.43. The number of benzene rings is 2. The molecule has 0 unspecified atom stereocenters. The summed E-state index contributed by atoms with van der Waals surface area (Å²) in [4.78, 5) is 36.6. The molecule has 1 N–H and O–H groups in total. The second kappa shape index (κ2) is 9.14. The van der Waals surface area contributed by atoms with E-state index in [0.29, 0.717) is 45.4 Å². The summed E-state index contributed by atoms with van der Waals surface area (Å²) in [5, 5.41) is 9.05. The van der Waals surface area contributed by atoms with Gasteiger partial charge in [0.05, 0.1) is 33.9 Å². The predicted molar refractivity (Wildman–Crippen MR) is 120 cm³/mol. The van der Waals surface area contributed by atoms with Gasteiger partial charge in [-0.1, -0.05) is 0 Å². The highest BCUT2D eigenvalue weighted by molar-refractivity contribution is 5.90. The van der Waals surface area contributed by atoms with Crippen molar-refractivity contribution in [2.45, 2.75) is 18.4 Å². The van der Waals surface area contributed by atoms with Crippen LogP contribution in [0.25, 0.3) is 0 Å². The van der Waals surface area contributed by atoms with E-state index in [1.165, 1.54) is 21.3 Å². The highest BCUT2D eigenvalue weighted by Gasteiger charge is 2.54. The van der Waals surface area contributed by atoms with Crippen molar-refractivity contribution in [3.8, 4) is 28.7 Å². The molecule has 3 aliphatic rings. The van der Waals surface area contributed by atoms with Crippen LogP contribution in [-0.4, -0.2) is 57.7 Å². The molecule has 1 aliphatic carbocycles. The number of carbonyl (C=O) groups excluding carboxylic acids is 2. The van der Waals surface area contributed by atoms with Crippen molar-refractivity contribution in [2.24, 2.45) is 11.8 Å². The van der Waals surface area contributed by atoms with Gasteiger partial charge in [-0.2, -0.15) is 0 Å². The van der Waals surface area contributed by atoms with E-state index >= 15 is 0 Å². The molecule has 11 heteroatoms. The molecule has 36 heavy (non-hydrogen) atoms. The summed E-state index contributed by atoms with van der Waals surface area (Å²) in [6, 6.07) is 6.99. The largest absolute Gasteiger partial charge is 0.493 e. The van der Waals surface area contributed by atoms with Crippen LogP contribution < -0.4 is 23.7 Å². The molecule has 0 amide bonds. The van der Waals surface area contributed by atoms with Gasteiger partial charge in [0.2, 0.25) is 12.5 Å². The fraction of sp³-hybridized carbons (Fsp3) is 0.400. The number of aliphatic carboxylic acids is 1. The molecular formula is C25H24O11. The minimum atomic E-state index is -1.31. The van der Waals surface area contributed by atoms with Crippen LogP contribution in [0.15, 0.2) is 24.3 Å². The zero-order chi connectivity index (χ0) is 25.6. The second-order valence-corrected chi connectivity index (χ2v) is 8.57. The summed E-state index contributed by atoms with van der Waals surface area (Å²) >= 11 is 0. The van der Waals surface area contributed by atoms with Crippen LogP contribution in [0.2, 0.25) is 0 Å². The van der Waals surface area contributed by atoms with Gasteiger partial charge in [-0.05, 0) is 35.4 Å². The second-order valence-electron chi connectivity index (χ2n) is 8.57. The van der Waals surface area contributed by atoms with Gasteiger partial charge in [0.25, 0.3) is 0 Å². The van der Waals surface area contributed by atoms with E-state index in [2.05, 4.69) is 0 Å². The molecule has 11 nitrogen and oxygen atoms in total. The lowest BCUT2D eigenvalue weighted by Crippen LogP contribution is -2.36. The molecule has 2 aliphatic heterocycles. The first-order valence-corrected chi connectivity index (χ1v) is 11.2. The molecule has 1 saturated heterocycles. The molecule has 190 valence electrons. The molecule has 0 saturated carbocycles. The van der Waals surface area contributed by atoms with Crippen LogP contribution in [0.1, 0.15) is 35.1 Å². The number of cyclic esters (lactones) is 1. The Labute approximate surface area is 205 Å². The van der Waals surface area contributed by atoms with Crippen molar-refractivity contribution in [3.63, 3.8) is 0 Å². The summed E-state index contributed by atoms with van der Waals surface area (Å²) in [5.41, 5.74) is 1.92. The quantitative estimate of drug-likeness (QED) is 0.443. The number of carboxylic acids is 1. The van der Waals surface area contributed by atoms with Crippen LogP contribution >= 0.6 is 0 Å². The molecule has 0 bridgehead atoms. The van der Waals surface area contributed by atoms with Crippen molar-refractivity contribution >= 4 is 17.9 Å². The summed E-state index contributed by atoms with van der Waals surface area (Å²) in [7, 11) is 4.49. The van der Waals surface area contributed by atoms with Crippen LogP contribution in [0.4, 0.5) is 0 Å². The van der Waals surface area contributed by atoms with E-state index in [-0.39, 0.29) is 13.4 Å². The van der Waals surface area contributed by atoms with Crippen molar-refractivity contribution in [1.82, 2.24) is 0 Å². The van der Waals surface area contributed by atoms with E-state index in [1.54, 1.807) is 24.3 Å². The van der Waals surface area contributed by atoms with E-state index in [1.807, 2.05) is 0 Å². The molecule has 0 aromatic heterocycles. The Balaban J connectivity index is 1.70. The Morgan fingerprint density at radius 1 is 0.944 bits per heavy atom. The van der Waals surface area contributed by atoms with Gasteiger partial charge < -0.3 is 38.3 Å². The van der Waals surface area contributed by atoms with Crippen LogP contribution in [0, 0.1) is 11.8 Å². The lowest BCUT2D eigenvalue weighted by molar-refractivity contribution is -0.159. The van der Waals surface area contributed by atoms with E-state index in [0.717, 1.165) is 0 Å². The van der Waals surface area contributed by atoms with Gasteiger partial charge in [-0.15, -0.1) is 0 Å². The highest BCUT2D eigenvalue weighted by Crippen LogP contribution is 2.56. The summed E-state index contributed by atoms with van der Waals surface area (Å²) in [6.07, 6.45) is -1.73. The molecular weight excluding hydrogens is 476 g/mol. The standard InChI is InChI=1S/C25H24O11/c1-30-17-4-11(5-18(31-2)24(17)32-3)21-12-6-15-16(35-10-34-15)7-13(12)23(36-20(28)8-19(26)27)14-9-33-25(29)22(14)21/h4-7,14,21-23H,8-10H2,1-3H3,(H,26,27)/t14-,21+,22+,23-/m0/s1. The number of methoxy groups -OCH3 is 3. The van der Waals surface area contributed by atoms with Gasteiger partial charge in [0.1, 0.15) is 12.5 Å². The number of carboxylic acid groups (broad SMARTS) is 1. The Kier molecular flexibility index (Phi) is 5.99. The molecule has 5 rings (SSSR count). The third-order valence-electron chi connectivity index (χ3n) is 6.72. The van der Waals surface area contributed by atoms with Gasteiger partial charge >= 0.3 is 17.9 Å². The minimum Gasteiger partial charge on any atom is -0.493 e. The maximum Gasteiger partial charge on any atom is 0.317 e. The fourth-order valence-electron chi connectivity index (χ4n) is 5.25. The van der Waals surface area contributed by atoms with Gasteiger partial charge in [-0.3, -0.25) is 14.4 Å². The highest BCUT2D eigenvalue weighted by atomic mass is 16.7. The maximum absolute atomic E-state index is 13.1. The first kappa shape index (κ1) is 23.6. The van der Waals surface area contributed by atoms with Crippen molar-refractivity contribution in [2.75, 3.05) is 34.7 Å². The molecule has 1 fully saturated rings. The molecule has 4 atom stereocenters. The number of fused-ring (bicyclic) bond motifs is 3. The number of rotatable bonds is 7. The Hall–Kier alpha value is -4.15. The normalized spacial score (nSPS) is 23.2. The van der Waals surface area contributed by atoms with Crippen molar-refractivity contribution in [1.29, 1.82) is 0 Å². The summed E-state index contributed by atoms with van der Waals surface area (Å²) in [6.45, 7) is 0.0226. The summed E-state index contributed by atoms with van der Waals surface area (Å²) in [5.74, 6) is -2.37. The van der Waals surface area contributed by atoms with Crippen LogP contribution in [-0.2, 0) is 23.9 Å². The summed E-state index contributed by atoms with van der Waals surface area (Å²) < 4.78 is 38.7. The third kappa shape index (κ3) is 3.80. The Bertz CT molecular complexity index is 1210. The zero-order valence-electron chi connectivity index (χ0n) is 19.8. The molecule has 0 spiro atoms. The number of esters is 2. The average Bonchev–Trinajstić information content (AvgIpc) is 3.47. The number of ether oxygens (including phenoxy) is 7. The number of hydrogen-bond acceptors (Lipinski definition) is 10. The van der Waals surface area contributed by atoms with E-state index < -0.39 is 48.2 Å². The van der Waals surface area contributed by atoms with Crippen molar-refractivity contribution in [3.05, 3.63) is 41.0 Å². The number of hydrogen-bond donors (Lipinski definition) is 1. The molecule has 2 aromatic rings. The first-order chi connectivity index (χ1) is 17.4. The zero-order valence-corrected chi connectivity index (χ0v) is 19.8. The number of carbonyl (C=O) groups is 3. The fourth-order valence-corrected chi connectivity index (χ4v) is 5.25. The van der Waals surface area contributed by atoms with Crippen LogP contribution in [0.5, 0.6) is 28.7 Å². The topological polar surface area (TPSA) is 136 Å². The Morgan fingerprint density at radius 2 is 1.58 bits per heavy atom. The Morgan fingerprint density at radius 3 is 2.17 bits per heavy atom. The van der Waals surface area contributed by atoms with Gasteiger partial charge in [0.15, 0.2) is 23.0 Å². The van der Waals surface area contributed by atoms with E-state index in [4.69, 9.17) is 38.3 Å². The van der Waals surface area contributed by atoms with E-state index in [9.17, 15) is 14.4 Å². The molecule has 2 heterocycles. The smallest absolute Gasteiger partial charge is 0.317 e. The maximum atomic E-state index is 13.1.